The van der Waals surface area contributed by atoms with E-state index in [1.807, 2.05) is 12.1 Å². The topological polar surface area (TPSA) is 161 Å². The van der Waals surface area contributed by atoms with Crippen molar-refractivity contribution in [2.24, 2.45) is 0 Å². The van der Waals surface area contributed by atoms with Gasteiger partial charge in [-0.3, -0.25) is 25.3 Å². The molecular formula is C16H15N7O5S3. The van der Waals surface area contributed by atoms with Gasteiger partial charge >= 0.3 is 5.97 Å². The molecule has 0 spiro atoms. The van der Waals surface area contributed by atoms with Crippen molar-refractivity contribution >= 4 is 64.9 Å². The molecule has 162 valence electrons. The summed E-state index contributed by atoms with van der Waals surface area (Å²) in [6.07, 6.45) is 0. The van der Waals surface area contributed by atoms with Crippen LogP contribution in [0.4, 0.5) is 11.1 Å². The zero-order chi connectivity index (χ0) is 22.2. The molecule has 0 saturated carbocycles. The SMILES string of the molecule is COc1ccc(-c2nnc(NC(=O)CSOC(=O)c3nc(NC(=O)CS)n[nH]3)s2)cc1. The first-order valence-corrected chi connectivity index (χ1v) is 10.8. The normalized spacial score (nSPS) is 10.4. The van der Waals surface area contributed by atoms with Crippen molar-refractivity contribution in [2.45, 2.75) is 0 Å². The first-order chi connectivity index (χ1) is 15.0. The summed E-state index contributed by atoms with van der Waals surface area (Å²) in [6.45, 7) is 0. The Balaban J connectivity index is 1.44. The molecule has 3 aromatic rings. The molecule has 31 heavy (non-hydrogen) atoms. The second-order valence-corrected chi connectivity index (χ2v) is 7.52. The zero-order valence-electron chi connectivity index (χ0n) is 15.8. The maximum Gasteiger partial charge on any atom is 0.387 e. The van der Waals surface area contributed by atoms with Crippen LogP contribution in [0, 0.1) is 0 Å². The summed E-state index contributed by atoms with van der Waals surface area (Å²) >= 11 is 5.61. The van der Waals surface area contributed by atoms with Crippen LogP contribution >= 0.6 is 36.0 Å². The number of rotatable bonds is 9. The van der Waals surface area contributed by atoms with E-state index in [4.69, 9.17) is 8.92 Å². The van der Waals surface area contributed by atoms with Gasteiger partial charge in [-0.05, 0) is 24.3 Å². The van der Waals surface area contributed by atoms with Gasteiger partial charge in [-0.2, -0.15) is 17.6 Å². The Morgan fingerprint density at radius 1 is 1.16 bits per heavy atom. The van der Waals surface area contributed by atoms with Gasteiger partial charge in [0.15, 0.2) is 0 Å². The number of H-pyrrole nitrogens is 1. The van der Waals surface area contributed by atoms with E-state index in [1.165, 1.54) is 11.3 Å². The molecule has 3 rings (SSSR count). The number of hydrogen-bond donors (Lipinski definition) is 4. The number of nitrogens with zero attached hydrogens (tertiary/aromatic N) is 4. The lowest BCUT2D eigenvalue weighted by atomic mass is 10.2. The molecule has 15 heteroatoms. The van der Waals surface area contributed by atoms with Gasteiger partial charge in [0.1, 0.15) is 16.5 Å². The number of anilines is 2. The number of amides is 2. The maximum atomic E-state index is 12.0. The van der Waals surface area contributed by atoms with Crippen molar-refractivity contribution in [1.82, 2.24) is 25.4 Å². The van der Waals surface area contributed by atoms with Crippen molar-refractivity contribution in [3.05, 3.63) is 30.1 Å². The number of benzene rings is 1. The Labute approximate surface area is 189 Å². The molecule has 0 aliphatic carbocycles. The van der Waals surface area contributed by atoms with Crippen molar-refractivity contribution in [3.8, 4) is 16.3 Å². The minimum atomic E-state index is -0.852. The third-order valence-electron chi connectivity index (χ3n) is 3.41. The Morgan fingerprint density at radius 3 is 2.65 bits per heavy atom. The number of nitrogens with one attached hydrogen (secondary N) is 3. The van der Waals surface area contributed by atoms with Crippen LogP contribution in [-0.2, 0) is 13.8 Å². The molecule has 0 fully saturated rings. The molecule has 0 radical (unpaired) electrons. The van der Waals surface area contributed by atoms with Gasteiger partial charge in [0.25, 0.3) is 0 Å². The molecule has 0 atom stereocenters. The molecule has 12 nitrogen and oxygen atoms in total. The van der Waals surface area contributed by atoms with Crippen molar-refractivity contribution < 1.29 is 23.3 Å². The number of methoxy groups -OCH3 is 1. The van der Waals surface area contributed by atoms with Crippen molar-refractivity contribution in [1.29, 1.82) is 0 Å². The second kappa shape index (κ2) is 10.7. The Kier molecular flexibility index (Phi) is 7.80. The van der Waals surface area contributed by atoms with E-state index in [1.54, 1.807) is 19.2 Å². The van der Waals surface area contributed by atoms with Gasteiger partial charge in [0.2, 0.25) is 28.7 Å². The molecule has 3 N–H and O–H groups in total. The van der Waals surface area contributed by atoms with Gasteiger partial charge in [-0.15, -0.1) is 15.3 Å². The van der Waals surface area contributed by atoms with Gasteiger partial charge < -0.3 is 8.92 Å². The van der Waals surface area contributed by atoms with Gasteiger partial charge in [-0.1, -0.05) is 11.3 Å². The van der Waals surface area contributed by atoms with E-state index in [9.17, 15) is 14.4 Å². The summed E-state index contributed by atoms with van der Waals surface area (Å²) in [6, 6.07) is 7.26. The molecular weight excluding hydrogens is 466 g/mol. The quantitative estimate of drug-likeness (QED) is 0.261. The van der Waals surface area contributed by atoms with Gasteiger partial charge in [-0.25, -0.2) is 4.79 Å². The fraction of sp³-hybridized carbons (Fsp3) is 0.188. The van der Waals surface area contributed by atoms with Crippen LogP contribution in [0.25, 0.3) is 10.6 Å². The van der Waals surface area contributed by atoms with Crippen molar-refractivity contribution in [2.75, 3.05) is 29.2 Å². The highest BCUT2D eigenvalue weighted by Gasteiger charge is 2.17. The number of thiol groups is 1. The Bertz CT molecular complexity index is 1070. The largest absolute Gasteiger partial charge is 0.497 e. The number of carbonyl (C=O) groups is 3. The fourth-order valence-electron chi connectivity index (χ4n) is 2.03. The average Bonchev–Trinajstić information content (AvgIpc) is 3.43. The highest BCUT2D eigenvalue weighted by molar-refractivity contribution is 7.95. The summed E-state index contributed by atoms with van der Waals surface area (Å²) in [5, 5.41) is 19.8. The molecule has 2 amide bonds. The van der Waals surface area contributed by atoms with Crippen LogP contribution in [0.5, 0.6) is 5.75 Å². The third-order valence-corrected chi connectivity index (χ3v) is 5.23. The Hall–Kier alpha value is -3.17. The summed E-state index contributed by atoms with van der Waals surface area (Å²) in [5.74, 6) is -1.55. The predicted octanol–water partition coefficient (Wildman–Crippen LogP) is 1.64. The van der Waals surface area contributed by atoms with Gasteiger partial charge in [0, 0.05) is 5.56 Å². The van der Waals surface area contributed by atoms with Crippen LogP contribution in [0.15, 0.2) is 24.3 Å². The van der Waals surface area contributed by atoms with E-state index < -0.39 is 17.8 Å². The number of aromatic nitrogens is 5. The lowest BCUT2D eigenvalue weighted by molar-refractivity contribution is -0.114. The minimum Gasteiger partial charge on any atom is -0.497 e. The summed E-state index contributed by atoms with van der Waals surface area (Å²) in [7, 11) is 1.58. The van der Waals surface area contributed by atoms with Crippen LogP contribution in [-0.4, -0.2) is 61.8 Å². The fourth-order valence-corrected chi connectivity index (χ4v) is 3.30. The molecule has 0 bridgehead atoms. The molecule has 2 aromatic heterocycles. The number of carbonyl (C=O) groups excluding carboxylic acids is 3. The van der Waals surface area contributed by atoms with E-state index >= 15 is 0 Å². The van der Waals surface area contributed by atoms with Crippen molar-refractivity contribution in [3.63, 3.8) is 0 Å². The van der Waals surface area contributed by atoms with Crippen LogP contribution in [0.3, 0.4) is 0 Å². The third kappa shape index (κ3) is 6.40. The first-order valence-electron chi connectivity index (χ1n) is 8.43. The highest BCUT2D eigenvalue weighted by atomic mass is 32.2. The van der Waals surface area contributed by atoms with E-state index in [2.05, 4.69) is 48.6 Å². The average molecular weight is 482 g/mol. The summed E-state index contributed by atoms with van der Waals surface area (Å²) in [4.78, 5) is 38.9. The van der Waals surface area contributed by atoms with E-state index in [-0.39, 0.29) is 23.3 Å². The molecule has 0 aliphatic heterocycles. The monoisotopic (exact) mass is 481 g/mol. The summed E-state index contributed by atoms with van der Waals surface area (Å²) in [5.41, 5.74) is 0.832. The number of ether oxygens (including phenoxy) is 1. The first kappa shape index (κ1) is 22.5. The van der Waals surface area contributed by atoms with Crippen LogP contribution in [0.1, 0.15) is 10.6 Å². The minimum absolute atomic E-state index is 0.0600. The molecule has 0 saturated heterocycles. The predicted molar refractivity (Wildman–Crippen MR) is 117 cm³/mol. The molecule has 1 aromatic carbocycles. The number of aromatic amines is 1. The molecule has 2 heterocycles. The smallest absolute Gasteiger partial charge is 0.387 e. The molecule has 0 aliphatic rings. The number of hydrogen-bond acceptors (Lipinski definition) is 12. The van der Waals surface area contributed by atoms with Gasteiger partial charge in [0.05, 0.1) is 24.9 Å². The highest BCUT2D eigenvalue weighted by Crippen LogP contribution is 2.27. The lowest BCUT2D eigenvalue weighted by Crippen LogP contribution is -2.15. The maximum absolute atomic E-state index is 12.0. The standard InChI is InChI=1S/C16H15N7O5S3/c1-27-9-4-2-8(3-5-9)13-21-23-16(31-13)18-11(25)7-30-28-14(26)12-19-15(22-20-12)17-10(24)6-29/h2-5,29H,6-7H2,1H3,(H,18,23,25)(H2,17,19,20,22,24). The van der Waals surface area contributed by atoms with Crippen LogP contribution < -0.4 is 15.4 Å². The van der Waals surface area contributed by atoms with Crippen LogP contribution in [0.2, 0.25) is 0 Å². The second-order valence-electron chi connectivity index (χ2n) is 5.54. The zero-order valence-corrected chi connectivity index (χ0v) is 18.3. The lowest BCUT2D eigenvalue weighted by Gasteiger charge is -2.01. The van der Waals surface area contributed by atoms with E-state index in [0.29, 0.717) is 22.2 Å². The van der Waals surface area contributed by atoms with E-state index in [0.717, 1.165) is 11.3 Å². The molecule has 0 unspecified atom stereocenters. The summed E-state index contributed by atoms with van der Waals surface area (Å²) < 4.78 is 10.00. The Morgan fingerprint density at radius 2 is 1.94 bits per heavy atom.